The van der Waals surface area contributed by atoms with Crippen molar-refractivity contribution in [2.75, 3.05) is 6.54 Å². The molecule has 0 saturated carbocycles. The van der Waals surface area contributed by atoms with Gasteiger partial charge >= 0.3 is 5.69 Å². The van der Waals surface area contributed by atoms with Gasteiger partial charge in [-0.3, -0.25) is 9.36 Å². The number of halogens is 1. The molecule has 1 aliphatic heterocycles. The minimum Gasteiger partial charge on any atom is -0.352 e. The highest BCUT2D eigenvalue weighted by Crippen LogP contribution is 2.21. The van der Waals surface area contributed by atoms with Crippen molar-refractivity contribution in [2.24, 2.45) is 0 Å². The molecule has 0 saturated heterocycles. The third-order valence-corrected chi connectivity index (χ3v) is 5.99. The van der Waals surface area contributed by atoms with Crippen LogP contribution in [-0.2, 0) is 26.1 Å². The fourth-order valence-electron chi connectivity index (χ4n) is 3.90. The van der Waals surface area contributed by atoms with Crippen LogP contribution in [0.25, 0.3) is 0 Å². The quantitative estimate of drug-likeness (QED) is 0.570. The molecule has 1 aliphatic rings. The lowest BCUT2D eigenvalue weighted by molar-refractivity contribution is 0.0952. The summed E-state index contributed by atoms with van der Waals surface area (Å²) in [6.07, 6.45) is 3.55. The smallest absolute Gasteiger partial charge is 0.345 e. The summed E-state index contributed by atoms with van der Waals surface area (Å²) in [5.41, 5.74) is 3.17. The fraction of sp³-hybridized carbons (Fsp3) is 0.455. The van der Waals surface area contributed by atoms with Gasteiger partial charge in [0.15, 0.2) is 0 Å². The average molecular weight is 443 g/mol. The lowest BCUT2D eigenvalue weighted by atomic mass is 10.1. The molecule has 1 amide bonds. The zero-order chi connectivity index (χ0) is 22.0. The van der Waals surface area contributed by atoms with Gasteiger partial charge in [0, 0.05) is 26.1 Å². The van der Waals surface area contributed by atoms with E-state index in [0.717, 1.165) is 37.2 Å². The van der Waals surface area contributed by atoms with Crippen LogP contribution in [0.15, 0.2) is 29.1 Å². The molecule has 0 spiro atoms. The fourth-order valence-corrected chi connectivity index (χ4v) is 4.22. The Morgan fingerprint density at radius 2 is 1.90 bits per heavy atom. The Balaban J connectivity index is 1.34. The average Bonchev–Trinajstić information content (AvgIpc) is 3.22. The summed E-state index contributed by atoms with van der Waals surface area (Å²) < 4.78 is 4.91. The number of hydrogen-bond donors (Lipinski definition) is 1. The lowest BCUT2D eigenvalue weighted by Gasteiger charge is -2.09. The molecule has 1 N–H and O–H groups in total. The number of nitrogens with one attached hydrogen (secondary N) is 1. The van der Waals surface area contributed by atoms with Crippen molar-refractivity contribution in [3.8, 4) is 0 Å². The molecule has 4 rings (SSSR count). The molecular formula is C22H27ClN6O2. The maximum Gasteiger partial charge on any atom is 0.345 e. The number of benzene rings is 1. The van der Waals surface area contributed by atoms with Gasteiger partial charge in [0.25, 0.3) is 5.91 Å². The maximum absolute atomic E-state index is 12.7. The number of carbonyl (C=O) groups is 1. The van der Waals surface area contributed by atoms with Gasteiger partial charge < -0.3 is 5.32 Å². The van der Waals surface area contributed by atoms with E-state index in [1.54, 1.807) is 16.2 Å². The Morgan fingerprint density at radius 3 is 2.65 bits per heavy atom. The Hall–Kier alpha value is -2.87. The molecule has 3 aromatic rings. The van der Waals surface area contributed by atoms with Crippen LogP contribution in [0, 0.1) is 13.8 Å². The summed E-state index contributed by atoms with van der Waals surface area (Å²) in [5, 5.41) is 12.1. The van der Waals surface area contributed by atoms with Crippen molar-refractivity contribution in [1.82, 2.24) is 29.4 Å². The molecule has 0 radical (unpaired) electrons. The van der Waals surface area contributed by atoms with Crippen LogP contribution in [0.3, 0.4) is 0 Å². The zero-order valence-corrected chi connectivity index (χ0v) is 18.7. The predicted octanol–water partition coefficient (Wildman–Crippen LogP) is 2.72. The molecule has 0 aliphatic carbocycles. The Morgan fingerprint density at radius 1 is 1.13 bits per heavy atom. The van der Waals surface area contributed by atoms with E-state index in [-0.39, 0.29) is 11.6 Å². The number of amides is 1. The van der Waals surface area contributed by atoms with Crippen molar-refractivity contribution in [3.63, 3.8) is 0 Å². The first-order valence-corrected chi connectivity index (χ1v) is 11.0. The van der Waals surface area contributed by atoms with E-state index < -0.39 is 0 Å². The number of fused-ring (bicyclic) bond motifs is 1. The Labute approximate surface area is 185 Å². The monoisotopic (exact) mass is 442 g/mol. The Kier molecular flexibility index (Phi) is 6.27. The van der Waals surface area contributed by atoms with Gasteiger partial charge in [0.1, 0.15) is 11.0 Å². The van der Waals surface area contributed by atoms with E-state index in [2.05, 4.69) is 15.5 Å². The normalized spacial score (nSPS) is 13.3. The Bertz CT molecular complexity index is 1140. The van der Waals surface area contributed by atoms with E-state index in [9.17, 15) is 9.59 Å². The molecule has 1 aromatic carbocycles. The summed E-state index contributed by atoms with van der Waals surface area (Å²) in [7, 11) is 0. The summed E-state index contributed by atoms with van der Waals surface area (Å²) in [6, 6.07) is 8.13. The first-order chi connectivity index (χ1) is 14.9. The van der Waals surface area contributed by atoms with E-state index >= 15 is 0 Å². The zero-order valence-electron chi connectivity index (χ0n) is 17.9. The van der Waals surface area contributed by atoms with Crippen LogP contribution >= 0.6 is 11.6 Å². The van der Waals surface area contributed by atoms with Crippen LogP contribution in [0.1, 0.15) is 52.3 Å². The van der Waals surface area contributed by atoms with Gasteiger partial charge in [-0.15, -0.1) is 0 Å². The number of rotatable bonds is 7. The van der Waals surface area contributed by atoms with Crippen LogP contribution < -0.4 is 11.0 Å². The van der Waals surface area contributed by atoms with Crippen molar-refractivity contribution >= 4 is 17.5 Å². The van der Waals surface area contributed by atoms with Crippen LogP contribution in [-0.4, -0.2) is 36.6 Å². The van der Waals surface area contributed by atoms with Crippen LogP contribution in [0.4, 0.5) is 0 Å². The van der Waals surface area contributed by atoms with Crippen molar-refractivity contribution in [1.29, 1.82) is 0 Å². The number of aryl methyl sites for hydroxylation is 4. The first kappa shape index (κ1) is 21.4. The third kappa shape index (κ3) is 4.58. The third-order valence-electron chi connectivity index (χ3n) is 5.61. The molecule has 0 bridgehead atoms. The number of carbonyl (C=O) groups excluding carboxylic acids is 1. The summed E-state index contributed by atoms with van der Waals surface area (Å²) in [5.74, 6) is 0.609. The number of aromatic nitrogens is 5. The minimum absolute atomic E-state index is 0.0581. The van der Waals surface area contributed by atoms with E-state index in [0.29, 0.717) is 42.5 Å². The second kappa shape index (κ2) is 9.09. The summed E-state index contributed by atoms with van der Waals surface area (Å²) in [6.45, 7) is 5.96. The lowest BCUT2D eigenvalue weighted by Crippen LogP contribution is -2.29. The molecule has 2 aromatic heterocycles. The SMILES string of the molecule is Cc1ccc(Cn2nc(C)c(C(=O)NCCCn3nc4n(c3=O)CCCC4)c2Cl)cc1. The van der Waals surface area contributed by atoms with Gasteiger partial charge in [-0.2, -0.15) is 10.2 Å². The topological polar surface area (TPSA) is 86.7 Å². The molecule has 0 unspecified atom stereocenters. The predicted molar refractivity (Wildman–Crippen MR) is 119 cm³/mol. The van der Waals surface area contributed by atoms with Crippen molar-refractivity contribution < 1.29 is 4.79 Å². The van der Waals surface area contributed by atoms with Crippen LogP contribution in [0.5, 0.6) is 0 Å². The molecular weight excluding hydrogens is 416 g/mol. The second-order valence-corrected chi connectivity index (χ2v) is 8.39. The number of nitrogens with zero attached hydrogens (tertiary/aromatic N) is 5. The van der Waals surface area contributed by atoms with Crippen molar-refractivity contribution in [3.05, 3.63) is 68.1 Å². The van der Waals surface area contributed by atoms with E-state index in [4.69, 9.17) is 11.6 Å². The standard InChI is InChI=1S/C22H27ClN6O2/c1-15-7-9-17(10-8-15)14-29-20(23)19(16(2)25-29)21(30)24-11-5-13-28-22(31)27-12-4-3-6-18(27)26-28/h7-10H,3-6,11-14H2,1-2H3,(H,24,30). The highest BCUT2D eigenvalue weighted by molar-refractivity contribution is 6.33. The summed E-state index contributed by atoms with van der Waals surface area (Å²) in [4.78, 5) is 25.1. The van der Waals surface area contributed by atoms with Gasteiger partial charge in [0.05, 0.1) is 17.8 Å². The second-order valence-electron chi connectivity index (χ2n) is 8.03. The van der Waals surface area contributed by atoms with Crippen LogP contribution in [0.2, 0.25) is 5.15 Å². The van der Waals surface area contributed by atoms with E-state index in [1.165, 1.54) is 10.2 Å². The molecule has 9 heteroatoms. The molecule has 8 nitrogen and oxygen atoms in total. The van der Waals surface area contributed by atoms with E-state index in [1.807, 2.05) is 31.2 Å². The first-order valence-electron chi connectivity index (χ1n) is 10.7. The molecule has 31 heavy (non-hydrogen) atoms. The largest absolute Gasteiger partial charge is 0.352 e. The molecule has 0 atom stereocenters. The van der Waals surface area contributed by atoms with Crippen molar-refractivity contribution in [2.45, 2.75) is 59.2 Å². The van der Waals surface area contributed by atoms with Gasteiger partial charge in [-0.05, 0) is 38.7 Å². The van der Waals surface area contributed by atoms with Gasteiger partial charge in [0.2, 0.25) is 0 Å². The molecule has 0 fully saturated rings. The van der Waals surface area contributed by atoms with Gasteiger partial charge in [-0.25, -0.2) is 14.2 Å². The molecule has 3 heterocycles. The molecule has 164 valence electrons. The maximum atomic E-state index is 12.7. The highest BCUT2D eigenvalue weighted by atomic mass is 35.5. The minimum atomic E-state index is -0.255. The highest BCUT2D eigenvalue weighted by Gasteiger charge is 2.20. The van der Waals surface area contributed by atoms with Gasteiger partial charge in [-0.1, -0.05) is 41.4 Å². The summed E-state index contributed by atoms with van der Waals surface area (Å²) >= 11 is 6.47. The number of hydrogen-bond acceptors (Lipinski definition) is 4.